The number of aromatic nitrogens is 2. The molecule has 0 aliphatic carbocycles. The number of nitrogens with zero attached hydrogens (tertiary/aromatic N) is 2. The third-order valence-electron chi connectivity index (χ3n) is 3.24. The number of aryl methyl sites for hydroxylation is 2. The maximum atomic E-state index is 12.3. The van der Waals surface area contributed by atoms with Crippen LogP contribution in [-0.2, 0) is 0 Å². The minimum absolute atomic E-state index is 0.00487. The molecule has 1 N–H and O–H groups in total. The van der Waals surface area contributed by atoms with E-state index in [2.05, 4.69) is 15.5 Å². The van der Waals surface area contributed by atoms with E-state index < -0.39 is 0 Å². The van der Waals surface area contributed by atoms with Crippen LogP contribution in [0.3, 0.4) is 0 Å². The first-order valence-electron chi connectivity index (χ1n) is 7.10. The number of halogens is 2. The predicted molar refractivity (Wildman–Crippen MR) is 93.6 cm³/mol. The molecule has 3 rings (SSSR count). The highest BCUT2D eigenvalue weighted by molar-refractivity contribution is 6.35. The number of hydrogen-bond acceptors (Lipinski definition) is 4. The Morgan fingerprint density at radius 3 is 2.21 bits per heavy atom. The van der Waals surface area contributed by atoms with Crippen molar-refractivity contribution in [2.45, 2.75) is 13.8 Å². The molecule has 0 bridgehead atoms. The zero-order valence-electron chi connectivity index (χ0n) is 12.9. The largest absolute Gasteiger partial charge is 0.403 e. The Morgan fingerprint density at radius 1 is 0.958 bits per heavy atom. The molecular formula is C17H13Cl2N3O2. The number of carbonyl (C=O) groups excluding carboxylic acids is 1. The first-order valence-corrected chi connectivity index (χ1v) is 7.86. The highest BCUT2D eigenvalue weighted by atomic mass is 35.5. The number of anilines is 1. The first kappa shape index (κ1) is 16.5. The summed E-state index contributed by atoms with van der Waals surface area (Å²) in [4.78, 5) is 12.3. The van der Waals surface area contributed by atoms with Gasteiger partial charge in [0.1, 0.15) is 0 Å². The quantitative estimate of drug-likeness (QED) is 0.719. The van der Waals surface area contributed by atoms with Crippen molar-refractivity contribution in [3.63, 3.8) is 0 Å². The Bertz CT molecular complexity index is 881. The summed E-state index contributed by atoms with van der Waals surface area (Å²) >= 11 is 11.9. The molecule has 0 saturated heterocycles. The summed E-state index contributed by atoms with van der Waals surface area (Å²) in [5.74, 6) is -0.101. The Hall–Kier alpha value is -2.37. The normalized spacial score (nSPS) is 10.7. The summed E-state index contributed by atoms with van der Waals surface area (Å²) in [7, 11) is 0. The topological polar surface area (TPSA) is 68.0 Å². The second-order valence-electron chi connectivity index (χ2n) is 5.40. The van der Waals surface area contributed by atoms with E-state index in [4.69, 9.17) is 27.6 Å². The Kier molecular flexibility index (Phi) is 4.55. The molecule has 7 heteroatoms. The smallest absolute Gasteiger partial charge is 0.322 e. The number of benzene rings is 2. The number of hydrogen-bond donors (Lipinski definition) is 1. The van der Waals surface area contributed by atoms with Gasteiger partial charge in [0.2, 0.25) is 5.89 Å². The van der Waals surface area contributed by atoms with Gasteiger partial charge in [-0.3, -0.25) is 10.1 Å². The average molecular weight is 362 g/mol. The van der Waals surface area contributed by atoms with Crippen molar-refractivity contribution in [2.24, 2.45) is 0 Å². The lowest BCUT2D eigenvalue weighted by molar-refractivity contribution is 0.102. The van der Waals surface area contributed by atoms with E-state index in [0.717, 1.165) is 11.1 Å². The zero-order valence-corrected chi connectivity index (χ0v) is 14.4. The molecule has 5 nitrogen and oxygen atoms in total. The third-order valence-corrected chi connectivity index (χ3v) is 3.68. The van der Waals surface area contributed by atoms with Crippen LogP contribution < -0.4 is 5.32 Å². The van der Waals surface area contributed by atoms with Crippen molar-refractivity contribution < 1.29 is 9.21 Å². The molecule has 0 radical (unpaired) electrons. The molecule has 122 valence electrons. The maximum Gasteiger partial charge on any atom is 0.322 e. The molecule has 0 fully saturated rings. The van der Waals surface area contributed by atoms with Gasteiger partial charge in [0.25, 0.3) is 5.91 Å². The van der Waals surface area contributed by atoms with Crippen LogP contribution in [0.4, 0.5) is 6.01 Å². The molecule has 1 heterocycles. The number of nitrogens with one attached hydrogen (secondary N) is 1. The second-order valence-corrected chi connectivity index (χ2v) is 6.27. The fraction of sp³-hybridized carbons (Fsp3) is 0.118. The van der Waals surface area contributed by atoms with Crippen LogP contribution in [-0.4, -0.2) is 16.1 Å². The van der Waals surface area contributed by atoms with Gasteiger partial charge in [-0.05, 0) is 44.2 Å². The van der Waals surface area contributed by atoms with Gasteiger partial charge in [0.05, 0.1) is 0 Å². The first-order chi connectivity index (χ1) is 11.4. The van der Waals surface area contributed by atoms with E-state index in [1.807, 2.05) is 19.9 Å². The lowest BCUT2D eigenvalue weighted by Crippen LogP contribution is -2.12. The fourth-order valence-corrected chi connectivity index (χ4v) is 2.87. The van der Waals surface area contributed by atoms with Gasteiger partial charge < -0.3 is 4.42 Å². The van der Waals surface area contributed by atoms with Crippen LogP contribution >= 0.6 is 23.2 Å². The standard InChI is InChI=1S/C17H13Cl2N3O2/c1-9-3-10(2)5-11(4-9)15(23)20-17-22-21-16(24-17)12-6-13(18)8-14(19)7-12/h3-8H,1-2H3,(H,20,22,23). The van der Waals surface area contributed by atoms with E-state index in [1.54, 1.807) is 30.3 Å². The molecule has 3 aromatic rings. The van der Waals surface area contributed by atoms with Crippen LogP contribution in [0.25, 0.3) is 11.5 Å². The van der Waals surface area contributed by atoms with Crippen LogP contribution in [0, 0.1) is 13.8 Å². The molecule has 1 aromatic heterocycles. The zero-order chi connectivity index (χ0) is 17.3. The Balaban J connectivity index is 1.82. The van der Waals surface area contributed by atoms with Gasteiger partial charge in [-0.25, -0.2) is 0 Å². The van der Waals surface area contributed by atoms with Gasteiger partial charge in [0.15, 0.2) is 0 Å². The van der Waals surface area contributed by atoms with E-state index in [-0.39, 0.29) is 17.8 Å². The minimum atomic E-state index is -0.318. The van der Waals surface area contributed by atoms with Crippen LogP contribution in [0.15, 0.2) is 40.8 Å². The molecule has 0 spiro atoms. The second kappa shape index (κ2) is 6.63. The van der Waals surface area contributed by atoms with Crippen LogP contribution in [0.2, 0.25) is 10.0 Å². The number of rotatable bonds is 3. The van der Waals surface area contributed by atoms with Crippen molar-refractivity contribution in [3.8, 4) is 11.5 Å². The van der Waals surface area contributed by atoms with E-state index in [9.17, 15) is 4.79 Å². The van der Waals surface area contributed by atoms with E-state index >= 15 is 0 Å². The fourth-order valence-electron chi connectivity index (χ4n) is 2.34. The van der Waals surface area contributed by atoms with Gasteiger partial charge in [-0.1, -0.05) is 45.5 Å². The summed E-state index contributed by atoms with van der Waals surface area (Å²) in [6.07, 6.45) is 0. The van der Waals surface area contributed by atoms with E-state index in [1.165, 1.54) is 0 Å². The highest BCUT2D eigenvalue weighted by Gasteiger charge is 2.14. The summed E-state index contributed by atoms with van der Waals surface area (Å²) in [6, 6.07) is 10.5. The summed E-state index contributed by atoms with van der Waals surface area (Å²) in [6.45, 7) is 3.86. The molecule has 1 amide bonds. The van der Waals surface area contributed by atoms with Crippen LogP contribution in [0.5, 0.6) is 0 Å². The lowest BCUT2D eigenvalue weighted by atomic mass is 10.1. The van der Waals surface area contributed by atoms with Crippen molar-refractivity contribution in [3.05, 3.63) is 63.1 Å². The van der Waals surface area contributed by atoms with Crippen LogP contribution in [0.1, 0.15) is 21.5 Å². The molecule has 0 saturated carbocycles. The Labute approximate surface area is 148 Å². The van der Waals surface area contributed by atoms with Gasteiger partial charge in [-0.2, -0.15) is 0 Å². The average Bonchev–Trinajstić information content (AvgIpc) is 2.93. The lowest BCUT2D eigenvalue weighted by Gasteiger charge is -2.04. The Morgan fingerprint density at radius 2 is 1.58 bits per heavy atom. The molecule has 0 aliphatic heterocycles. The van der Waals surface area contributed by atoms with Gasteiger partial charge in [0, 0.05) is 21.2 Å². The van der Waals surface area contributed by atoms with Gasteiger partial charge >= 0.3 is 6.01 Å². The summed E-state index contributed by atoms with van der Waals surface area (Å²) < 4.78 is 5.46. The maximum absolute atomic E-state index is 12.3. The summed E-state index contributed by atoms with van der Waals surface area (Å²) in [5.41, 5.74) is 3.10. The predicted octanol–water partition coefficient (Wildman–Crippen LogP) is 4.91. The van der Waals surface area contributed by atoms with E-state index in [0.29, 0.717) is 21.2 Å². The highest BCUT2D eigenvalue weighted by Crippen LogP contribution is 2.27. The molecule has 2 aromatic carbocycles. The SMILES string of the molecule is Cc1cc(C)cc(C(=O)Nc2nnc(-c3cc(Cl)cc(Cl)c3)o2)c1. The molecule has 0 aliphatic rings. The molecule has 0 unspecified atom stereocenters. The van der Waals surface area contributed by atoms with Gasteiger partial charge in [-0.15, -0.1) is 5.10 Å². The van der Waals surface area contributed by atoms with Crippen molar-refractivity contribution >= 4 is 35.1 Å². The third kappa shape index (κ3) is 3.75. The number of carbonyl (C=O) groups is 1. The van der Waals surface area contributed by atoms with Crippen molar-refractivity contribution in [2.75, 3.05) is 5.32 Å². The molecular weight excluding hydrogens is 349 g/mol. The number of amides is 1. The minimum Gasteiger partial charge on any atom is -0.403 e. The van der Waals surface area contributed by atoms with Crippen molar-refractivity contribution in [1.29, 1.82) is 0 Å². The molecule has 24 heavy (non-hydrogen) atoms. The summed E-state index contributed by atoms with van der Waals surface area (Å²) in [5, 5.41) is 11.2. The van der Waals surface area contributed by atoms with Crippen molar-refractivity contribution in [1.82, 2.24) is 10.2 Å². The molecule has 0 atom stereocenters. The monoisotopic (exact) mass is 361 g/mol.